The predicted molar refractivity (Wildman–Crippen MR) is 96.9 cm³/mol. The van der Waals surface area contributed by atoms with Gasteiger partial charge in [0.25, 0.3) is 0 Å². The van der Waals surface area contributed by atoms with Gasteiger partial charge in [-0.15, -0.1) is 0 Å². The van der Waals surface area contributed by atoms with E-state index in [4.69, 9.17) is 17.3 Å². The van der Waals surface area contributed by atoms with Crippen LogP contribution < -0.4 is 16.5 Å². The number of halogens is 1. The second kappa shape index (κ2) is 7.40. The smallest absolute Gasteiger partial charge is 0.339 e. The van der Waals surface area contributed by atoms with Gasteiger partial charge in [0, 0.05) is 16.4 Å². The molecular formula is C17H18ClN5O2. The number of aromatic amines is 1. The van der Waals surface area contributed by atoms with Crippen molar-refractivity contribution in [1.82, 2.24) is 10.4 Å². The molecule has 8 heteroatoms. The Bertz CT molecular complexity index is 813. The van der Waals surface area contributed by atoms with E-state index in [2.05, 4.69) is 20.8 Å². The van der Waals surface area contributed by atoms with Gasteiger partial charge < -0.3 is 16.0 Å². The first-order chi connectivity index (χ1) is 12.0. The summed E-state index contributed by atoms with van der Waals surface area (Å²) in [4.78, 5) is 26.5. The molecule has 0 aliphatic heterocycles. The van der Waals surface area contributed by atoms with Crippen LogP contribution in [0.15, 0.2) is 35.4 Å². The number of fused-ring (bicyclic) bond motifs is 1. The average molecular weight is 360 g/mol. The highest BCUT2D eigenvalue weighted by Gasteiger charge is 2.26. The van der Waals surface area contributed by atoms with E-state index < -0.39 is 6.03 Å². The Labute approximate surface area is 149 Å². The van der Waals surface area contributed by atoms with Crippen molar-refractivity contribution in [2.75, 3.05) is 5.32 Å². The summed E-state index contributed by atoms with van der Waals surface area (Å²) in [6, 6.07) is 8.19. The molecule has 1 atom stereocenters. The summed E-state index contributed by atoms with van der Waals surface area (Å²) in [5, 5.41) is 7.13. The third-order valence-electron chi connectivity index (χ3n) is 4.06. The van der Waals surface area contributed by atoms with Gasteiger partial charge in [-0.25, -0.2) is 10.2 Å². The number of benzene rings is 1. The fraction of sp³-hybridized carbons (Fsp3) is 0.235. The molecule has 1 aliphatic carbocycles. The Kier molecular flexibility index (Phi) is 5.04. The first-order valence-electron chi connectivity index (χ1n) is 7.89. The van der Waals surface area contributed by atoms with Gasteiger partial charge in [-0.2, -0.15) is 5.10 Å². The zero-order chi connectivity index (χ0) is 17.8. The van der Waals surface area contributed by atoms with Gasteiger partial charge in [-0.3, -0.25) is 4.79 Å². The normalized spacial score (nSPS) is 16.4. The van der Waals surface area contributed by atoms with Crippen LogP contribution in [0.4, 0.5) is 10.5 Å². The lowest BCUT2D eigenvalue weighted by Gasteiger charge is -2.19. The third-order valence-corrected chi connectivity index (χ3v) is 4.31. The molecule has 1 unspecified atom stereocenters. The van der Waals surface area contributed by atoms with Gasteiger partial charge in [0.15, 0.2) is 0 Å². The van der Waals surface area contributed by atoms with Gasteiger partial charge >= 0.3 is 6.03 Å². The number of urea groups is 1. The van der Waals surface area contributed by atoms with Gasteiger partial charge in [-0.1, -0.05) is 11.6 Å². The van der Waals surface area contributed by atoms with E-state index in [9.17, 15) is 9.59 Å². The van der Waals surface area contributed by atoms with Gasteiger partial charge in [0.05, 0.1) is 17.8 Å². The number of nitrogens with zero attached hydrogens (tertiary/aromatic N) is 1. The van der Waals surface area contributed by atoms with Crippen molar-refractivity contribution in [3.8, 4) is 0 Å². The van der Waals surface area contributed by atoms with Crippen molar-refractivity contribution in [3.63, 3.8) is 0 Å². The quantitative estimate of drug-likeness (QED) is 0.497. The lowest BCUT2D eigenvalue weighted by molar-refractivity contribution is -0.119. The topological polar surface area (TPSA) is 112 Å². The molecule has 130 valence electrons. The lowest BCUT2D eigenvalue weighted by Crippen LogP contribution is -2.25. The van der Waals surface area contributed by atoms with Crippen molar-refractivity contribution >= 4 is 35.4 Å². The Morgan fingerprint density at radius 3 is 2.80 bits per heavy atom. The molecular weight excluding hydrogens is 342 g/mol. The number of primary amides is 1. The molecule has 7 nitrogen and oxygen atoms in total. The molecule has 0 saturated heterocycles. The van der Waals surface area contributed by atoms with E-state index in [0.717, 1.165) is 30.5 Å². The summed E-state index contributed by atoms with van der Waals surface area (Å²) in [5.74, 6) is -0.612. The summed E-state index contributed by atoms with van der Waals surface area (Å²) < 4.78 is 0. The molecule has 2 aromatic rings. The van der Waals surface area contributed by atoms with Crippen LogP contribution in [-0.2, 0) is 11.2 Å². The van der Waals surface area contributed by atoms with Gasteiger partial charge in [0.2, 0.25) is 5.91 Å². The Morgan fingerprint density at radius 2 is 2.08 bits per heavy atom. The van der Waals surface area contributed by atoms with Crippen molar-refractivity contribution in [2.24, 2.45) is 10.8 Å². The number of aryl methyl sites for hydroxylation is 1. The van der Waals surface area contributed by atoms with Crippen LogP contribution in [0, 0.1) is 0 Å². The molecule has 25 heavy (non-hydrogen) atoms. The summed E-state index contributed by atoms with van der Waals surface area (Å²) in [6.45, 7) is 0. The number of nitrogens with two attached hydrogens (primary N) is 1. The standard InChI is InChI=1S/C17H18ClN5O2/c18-11-4-6-12(7-5-11)22-17(25)23-20-9-13-8-10-2-1-3-14(16(19)24)15(10)21-13/h4-9,14,21H,1-3H2,(H2,19,24)(H2,22,23,25)/b20-9-. The number of amides is 3. The number of rotatable bonds is 4. The minimum Gasteiger partial charge on any atom is -0.369 e. The number of H-pyrrole nitrogens is 1. The van der Waals surface area contributed by atoms with Crippen molar-refractivity contribution in [2.45, 2.75) is 25.2 Å². The van der Waals surface area contributed by atoms with Crippen LogP contribution in [0.25, 0.3) is 0 Å². The maximum atomic E-state index is 11.8. The van der Waals surface area contributed by atoms with Crippen LogP contribution in [0.5, 0.6) is 0 Å². The summed E-state index contributed by atoms with van der Waals surface area (Å²) >= 11 is 5.79. The van der Waals surface area contributed by atoms with E-state index >= 15 is 0 Å². The molecule has 1 aromatic carbocycles. The van der Waals surface area contributed by atoms with E-state index in [1.165, 1.54) is 6.21 Å². The molecule has 0 fully saturated rings. The van der Waals surface area contributed by atoms with Crippen LogP contribution in [0.3, 0.4) is 0 Å². The van der Waals surface area contributed by atoms with Crippen LogP contribution >= 0.6 is 11.6 Å². The van der Waals surface area contributed by atoms with Crippen molar-refractivity contribution < 1.29 is 9.59 Å². The second-order valence-electron chi connectivity index (χ2n) is 5.84. The molecule has 1 aromatic heterocycles. The van der Waals surface area contributed by atoms with E-state index in [0.29, 0.717) is 16.4 Å². The Balaban J connectivity index is 1.60. The minimum absolute atomic E-state index is 0.285. The number of hydrogen-bond acceptors (Lipinski definition) is 3. The highest BCUT2D eigenvalue weighted by Crippen LogP contribution is 2.31. The number of carbonyl (C=O) groups excluding carboxylic acids is 2. The SMILES string of the molecule is NC(=O)C1CCCc2cc(/C=N\NC(=O)Nc3ccc(Cl)cc3)[nH]c21. The fourth-order valence-electron chi connectivity index (χ4n) is 2.90. The first kappa shape index (κ1) is 17.0. The van der Waals surface area contributed by atoms with Crippen molar-refractivity contribution in [1.29, 1.82) is 0 Å². The summed E-state index contributed by atoms with van der Waals surface area (Å²) in [7, 11) is 0. The van der Waals surface area contributed by atoms with Crippen LogP contribution in [-0.4, -0.2) is 23.1 Å². The van der Waals surface area contributed by atoms with Crippen LogP contribution in [0.2, 0.25) is 5.02 Å². The average Bonchev–Trinajstić information content (AvgIpc) is 2.99. The Morgan fingerprint density at radius 1 is 1.32 bits per heavy atom. The molecule has 1 heterocycles. The molecule has 5 N–H and O–H groups in total. The van der Waals surface area contributed by atoms with Gasteiger partial charge in [0.1, 0.15) is 0 Å². The monoisotopic (exact) mass is 359 g/mol. The predicted octanol–water partition coefficient (Wildman–Crippen LogP) is 2.73. The first-order valence-corrected chi connectivity index (χ1v) is 8.27. The van der Waals surface area contributed by atoms with E-state index in [1.807, 2.05) is 6.07 Å². The molecule has 3 rings (SSSR count). The zero-order valence-electron chi connectivity index (χ0n) is 13.4. The number of anilines is 1. The number of nitrogens with one attached hydrogen (secondary N) is 3. The van der Waals surface area contributed by atoms with Crippen molar-refractivity contribution in [3.05, 3.63) is 52.3 Å². The van der Waals surface area contributed by atoms with E-state index in [-0.39, 0.29) is 11.8 Å². The van der Waals surface area contributed by atoms with E-state index in [1.54, 1.807) is 24.3 Å². The highest BCUT2D eigenvalue weighted by molar-refractivity contribution is 6.30. The minimum atomic E-state index is -0.468. The molecule has 0 saturated carbocycles. The highest BCUT2D eigenvalue weighted by atomic mass is 35.5. The van der Waals surface area contributed by atoms with Crippen LogP contribution in [0.1, 0.15) is 35.7 Å². The lowest BCUT2D eigenvalue weighted by atomic mass is 9.87. The molecule has 3 amide bonds. The van der Waals surface area contributed by atoms with Gasteiger partial charge in [-0.05, 0) is 55.2 Å². The summed E-state index contributed by atoms with van der Waals surface area (Å²) in [6.07, 6.45) is 4.07. The zero-order valence-corrected chi connectivity index (χ0v) is 14.1. The number of hydrogen-bond donors (Lipinski definition) is 4. The number of hydrazone groups is 1. The molecule has 0 bridgehead atoms. The molecule has 1 aliphatic rings. The molecule has 0 radical (unpaired) electrons. The maximum Gasteiger partial charge on any atom is 0.339 e. The summed E-state index contributed by atoms with van der Waals surface area (Å²) in [5.41, 5.74) is 11.1. The largest absolute Gasteiger partial charge is 0.369 e. The maximum absolute atomic E-state index is 11.8. The fourth-order valence-corrected chi connectivity index (χ4v) is 3.03. The third kappa shape index (κ3) is 4.19. The molecule has 0 spiro atoms. The Hall–Kier alpha value is -2.80. The number of aromatic nitrogens is 1. The number of carbonyl (C=O) groups is 2. The second-order valence-corrected chi connectivity index (χ2v) is 6.28.